The van der Waals surface area contributed by atoms with Gasteiger partial charge in [-0.15, -0.1) is 0 Å². The van der Waals surface area contributed by atoms with Gasteiger partial charge >= 0.3 is 0 Å². The van der Waals surface area contributed by atoms with Crippen molar-refractivity contribution in [2.45, 2.75) is 26.7 Å². The number of carbonyl (C=O) groups excluding carboxylic acids is 1. The molecule has 0 bridgehead atoms. The highest BCUT2D eigenvalue weighted by Crippen LogP contribution is 2.20. The van der Waals surface area contributed by atoms with Crippen molar-refractivity contribution < 1.29 is 4.79 Å². The first kappa shape index (κ1) is 19.2. The van der Waals surface area contributed by atoms with Crippen molar-refractivity contribution in [3.05, 3.63) is 71.7 Å². The van der Waals surface area contributed by atoms with Crippen molar-refractivity contribution in [2.24, 2.45) is 0 Å². The van der Waals surface area contributed by atoms with Gasteiger partial charge in [0.1, 0.15) is 5.82 Å². The van der Waals surface area contributed by atoms with Crippen LogP contribution in [0.1, 0.15) is 23.4 Å². The minimum Gasteiger partial charge on any atom is -0.353 e. The summed E-state index contributed by atoms with van der Waals surface area (Å²) in [4.78, 5) is 21.4. The minimum atomic E-state index is 0.219. The average molecular weight is 390 g/mol. The van der Waals surface area contributed by atoms with Crippen LogP contribution in [0.4, 0.5) is 5.82 Å². The van der Waals surface area contributed by atoms with Gasteiger partial charge in [-0.2, -0.15) is 5.10 Å². The van der Waals surface area contributed by atoms with Gasteiger partial charge in [0.25, 0.3) is 0 Å². The number of carbonyl (C=O) groups is 1. The molecule has 0 unspecified atom stereocenters. The van der Waals surface area contributed by atoms with E-state index >= 15 is 0 Å². The third kappa shape index (κ3) is 4.16. The van der Waals surface area contributed by atoms with Gasteiger partial charge in [0.15, 0.2) is 0 Å². The summed E-state index contributed by atoms with van der Waals surface area (Å²) in [5, 5.41) is 4.69. The van der Waals surface area contributed by atoms with Gasteiger partial charge in [0.05, 0.1) is 11.4 Å². The van der Waals surface area contributed by atoms with Gasteiger partial charge in [-0.3, -0.25) is 4.79 Å². The lowest BCUT2D eigenvalue weighted by atomic mass is 10.1. The van der Waals surface area contributed by atoms with Crippen molar-refractivity contribution >= 4 is 11.7 Å². The van der Waals surface area contributed by atoms with E-state index in [1.807, 2.05) is 59.1 Å². The number of benzene rings is 1. The summed E-state index contributed by atoms with van der Waals surface area (Å²) in [6.07, 6.45) is 3.06. The number of hydrogen-bond acceptors (Lipinski definition) is 4. The number of hydrogen-bond donors (Lipinski definition) is 0. The zero-order chi connectivity index (χ0) is 20.2. The standard InChI is InChI=1S/C23H27N5O/c1-18-21(19(2)28(25-18)20-8-4-3-5-9-20)11-12-23(29)27-16-14-26(15-17-27)22-10-6-7-13-24-22/h3-10,13H,11-12,14-17H2,1-2H3. The molecule has 29 heavy (non-hydrogen) atoms. The van der Waals surface area contributed by atoms with Crippen LogP contribution in [0.5, 0.6) is 0 Å². The smallest absolute Gasteiger partial charge is 0.223 e. The second-order valence-corrected chi connectivity index (χ2v) is 7.45. The Morgan fingerprint density at radius 2 is 1.69 bits per heavy atom. The van der Waals surface area contributed by atoms with Crippen molar-refractivity contribution in [3.8, 4) is 5.69 Å². The van der Waals surface area contributed by atoms with Crippen molar-refractivity contribution in [3.63, 3.8) is 0 Å². The molecular formula is C23H27N5O. The van der Waals surface area contributed by atoms with E-state index in [4.69, 9.17) is 5.10 Å². The number of anilines is 1. The topological polar surface area (TPSA) is 54.3 Å². The summed E-state index contributed by atoms with van der Waals surface area (Å²) in [5.41, 5.74) is 4.34. The Bertz CT molecular complexity index is 960. The molecule has 3 heterocycles. The van der Waals surface area contributed by atoms with Crippen molar-refractivity contribution in [1.29, 1.82) is 0 Å². The maximum Gasteiger partial charge on any atom is 0.223 e. The number of rotatable bonds is 5. The quantitative estimate of drug-likeness (QED) is 0.673. The molecule has 3 aromatic rings. The van der Waals surface area contributed by atoms with E-state index in [-0.39, 0.29) is 5.91 Å². The molecule has 0 saturated carbocycles. The zero-order valence-electron chi connectivity index (χ0n) is 17.1. The number of piperazine rings is 1. The number of para-hydroxylation sites is 1. The van der Waals surface area contributed by atoms with E-state index < -0.39 is 0 Å². The summed E-state index contributed by atoms with van der Waals surface area (Å²) < 4.78 is 1.97. The monoisotopic (exact) mass is 389 g/mol. The molecule has 6 heteroatoms. The Balaban J connectivity index is 1.35. The SMILES string of the molecule is Cc1nn(-c2ccccc2)c(C)c1CCC(=O)N1CCN(c2ccccn2)CC1. The molecule has 0 spiro atoms. The molecule has 2 aromatic heterocycles. The van der Waals surface area contributed by atoms with Crippen LogP contribution >= 0.6 is 0 Å². The Morgan fingerprint density at radius 1 is 0.966 bits per heavy atom. The maximum absolute atomic E-state index is 12.8. The molecule has 0 N–H and O–H groups in total. The Labute approximate surface area is 171 Å². The normalized spacial score (nSPS) is 14.3. The van der Waals surface area contributed by atoms with Gasteiger partial charge in [0.2, 0.25) is 5.91 Å². The number of amides is 1. The van der Waals surface area contributed by atoms with E-state index in [1.165, 1.54) is 5.56 Å². The first-order valence-electron chi connectivity index (χ1n) is 10.2. The molecule has 1 fully saturated rings. The van der Waals surface area contributed by atoms with Gasteiger partial charge in [0, 0.05) is 44.5 Å². The van der Waals surface area contributed by atoms with Crippen LogP contribution in [0.15, 0.2) is 54.7 Å². The number of aryl methyl sites for hydroxylation is 1. The fourth-order valence-corrected chi connectivity index (χ4v) is 3.97. The van der Waals surface area contributed by atoms with Crippen LogP contribution in [0.25, 0.3) is 5.69 Å². The molecule has 0 radical (unpaired) electrons. The van der Waals surface area contributed by atoms with E-state index in [2.05, 4.69) is 28.9 Å². The van der Waals surface area contributed by atoms with Gasteiger partial charge in [-0.25, -0.2) is 9.67 Å². The van der Waals surface area contributed by atoms with E-state index in [0.717, 1.165) is 55.5 Å². The average Bonchev–Trinajstić information content (AvgIpc) is 3.07. The molecule has 1 aliphatic heterocycles. The zero-order valence-corrected chi connectivity index (χ0v) is 17.1. The predicted molar refractivity (Wildman–Crippen MR) is 114 cm³/mol. The number of nitrogens with zero attached hydrogens (tertiary/aromatic N) is 5. The first-order valence-corrected chi connectivity index (χ1v) is 10.2. The van der Waals surface area contributed by atoms with Crippen LogP contribution < -0.4 is 4.90 Å². The highest BCUT2D eigenvalue weighted by molar-refractivity contribution is 5.77. The fraction of sp³-hybridized carbons (Fsp3) is 0.348. The van der Waals surface area contributed by atoms with Gasteiger partial charge in [-0.05, 0) is 50.1 Å². The highest BCUT2D eigenvalue weighted by atomic mass is 16.2. The molecule has 0 atom stereocenters. The summed E-state index contributed by atoms with van der Waals surface area (Å²) in [6, 6.07) is 16.1. The Kier molecular flexibility index (Phi) is 5.60. The predicted octanol–water partition coefficient (Wildman–Crippen LogP) is 3.17. The summed E-state index contributed by atoms with van der Waals surface area (Å²) in [7, 11) is 0. The first-order chi connectivity index (χ1) is 14.1. The second-order valence-electron chi connectivity index (χ2n) is 7.45. The van der Waals surface area contributed by atoms with E-state index in [1.54, 1.807) is 0 Å². The van der Waals surface area contributed by atoms with Crippen LogP contribution in [-0.2, 0) is 11.2 Å². The lowest BCUT2D eigenvalue weighted by Crippen LogP contribution is -2.49. The lowest BCUT2D eigenvalue weighted by Gasteiger charge is -2.35. The molecule has 1 aliphatic rings. The van der Waals surface area contributed by atoms with Gasteiger partial charge < -0.3 is 9.80 Å². The van der Waals surface area contributed by atoms with E-state index in [9.17, 15) is 4.79 Å². The second kappa shape index (κ2) is 8.47. The van der Waals surface area contributed by atoms with E-state index in [0.29, 0.717) is 6.42 Å². The third-order valence-electron chi connectivity index (χ3n) is 5.64. The molecule has 150 valence electrons. The fourth-order valence-electron chi connectivity index (χ4n) is 3.97. The third-order valence-corrected chi connectivity index (χ3v) is 5.64. The van der Waals surface area contributed by atoms with Crippen LogP contribution in [0.3, 0.4) is 0 Å². The summed E-state index contributed by atoms with van der Waals surface area (Å²) in [6.45, 7) is 7.25. The lowest BCUT2D eigenvalue weighted by molar-refractivity contribution is -0.131. The van der Waals surface area contributed by atoms with Crippen LogP contribution in [0, 0.1) is 13.8 Å². The summed E-state index contributed by atoms with van der Waals surface area (Å²) in [5.74, 6) is 1.20. The molecule has 0 aliphatic carbocycles. The van der Waals surface area contributed by atoms with Gasteiger partial charge in [-0.1, -0.05) is 24.3 Å². The van der Waals surface area contributed by atoms with Crippen molar-refractivity contribution in [2.75, 3.05) is 31.1 Å². The maximum atomic E-state index is 12.8. The largest absolute Gasteiger partial charge is 0.353 e. The number of pyridine rings is 1. The molecule has 6 nitrogen and oxygen atoms in total. The summed E-state index contributed by atoms with van der Waals surface area (Å²) >= 11 is 0. The van der Waals surface area contributed by atoms with Crippen LogP contribution in [0.2, 0.25) is 0 Å². The minimum absolute atomic E-state index is 0.219. The molecule has 1 amide bonds. The Morgan fingerprint density at radius 3 is 2.38 bits per heavy atom. The van der Waals surface area contributed by atoms with Crippen molar-refractivity contribution in [1.82, 2.24) is 19.7 Å². The Hall–Kier alpha value is -3.15. The van der Waals surface area contributed by atoms with Crippen LogP contribution in [-0.4, -0.2) is 51.8 Å². The molecule has 1 aromatic carbocycles. The molecular weight excluding hydrogens is 362 g/mol. The molecule has 1 saturated heterocycles. The highest BCUT2D eigenvalue weighted by Gasteiger charge is 2.22. The number of aromatic nitrogens is 3. The molecule has 4 rings (SSSR count).